The molecule has 1 fully saturated rings. The average Bonchev–Trinajstić information content (AvgIpc) is 3.08. The number of carbonyl (C=O) groups excluding carboxylic acids is 2. The molecule has 3 aromatic carbocycles. The van der Waals surface area contributed by atoms with Gasteiger partial charge in [0, 0.05) is 11.3 Å². The van der Waals surface area contributed by atoms with Crippen LogP contribution >= 0.6 is 23.2 Å². The van der Waals surface area contributed by atoms with E-state index >= 15 is 0 Å². The molecule has 180 valence electrons. The van der Waals surface area contributed by atoms with Gasteiger partial charge >= 0.3 is 0 Å². The van der Waals surface area contributed by atoms with Crippen LogP contribution in [0.2, 0.25) is 10.0 Å². The fraction of sp³-hybridized carbons (Fsp3) is 0.185. The molecule has 8 heteroatoms. The smallest absolute Gasteiger partial charge is 0.300 e. The third kappa shape index (κ3) is 4.47. The van der Waals surface area contributed by atoms with E-state index in [1.807, 2.05) is 32.0 Å². The summed E-state index contributed by atoms with van der Waals surface area (Å²) < 4.78 is 10.4. The maximum absolute atomic E-state index is 13.3. The second kappa shape index (κ2) is 9.64. The zero-order valence-electron chi connectivity index (χ0n) is 19.6. The molecule has 0 radical (unpaired) electrons. The molecule has 0 aliphatic carbocycles. The molecule has 0 spiro atoms. The summed E-state index contributed by atoms with van der Waals surface area (Å²) in [6.07, 6.45) is 0. The Bertz CT molecular complexity index is 1320. The number of anilines is 1. The number of hydrogen-bond acceptors (Lipinski definition) is 5. The third-order valence-corrected chi connectivity index (χ3v) is 6.40. The van der Waals surface area contributed by atoms with Gasteiger partial charge < -0.3 is 14.6 Å². The largest absolute Gasteiger partial charge is 0.507 e. The Labute approximate surface area is 213 Å². The van der Waals surface area contributed by atoms with E-state index in [0.29, 0.717) is 17.0 Å². The van der Waals surface area contributed by atoms with Crippen molar-refractivity contribution in [2.75, 3.05) is 19.1 Å². The van der Waals surface area contributed by atoms with Gasteiger partial charge in [0.2, 0.25) is 0 Å². The van der Waals surface area contributed by atoms with Crippen LogP contribution in [0.25, 0.3) is 5.76 Å². The number of amides is 1. The van der Waals surface area contributed by atoms with Gasteiger partial charge in [0.05, 0.1) is 35.9 Å². The van der Waals surface area contributed by atoms with Crippen molar-refractivity contribution in [1.82, 2.24) is 0 Å². The van der Waals surface area contributed by atoms with Gasteiger partial charge in [-0.05, 0) is 66.9 Å². The monoisotopic (exact) mass is 511 g/mol. The van der Waals surface area contributed by atoms with Crippen LogP contribution in [0.1, 0.15) is 28.3 Å². The number of methoxy groups -OCH3 is 2. The van der Waals surface area contributed by atoms with Crippen molar-refractivity contribution in [2.45, 2.75) is 19.9 Å². The van der Waals surface area contributed by atoms with Crippen LogP contribution in [0.3, 0.4) is 0 Å². The molecule has 4 rings (SSSR count). The van der Waals surface area contributed by atoms with Gasteiger partial charge in [-0.2, -0.15) is 0 Å². The summed E-state index contributed by atoms with van der Waals surface area (Å²) in [7, 11) is 2.97. The Morgan fingerprint density at radius 1 is 0.886 bits per heavy atom. The number of aliphatic hydroxyl groups is 1. The van der Waals surface area contributed by atoms with E-state index in [9.17, 15) is 14.7 Å². The molecular weight excluding hydrogens is 489 g/mol. The lowest BCUT2D eigenvalue weighted by Gasteiger charge is -2.26. The number of hydrogen-bond donors (Lipinski definition) is 1. The van der Waals surface area contributed by atoms with Crippen molar-refractivity contribution in [3.8, 4) is 11.5 Å². The van der Waals surface area contributed by atoms with Crippen molar-refractivity contribution in [3.63, 3.8) is 0 Å². The fourth-order valence-corrected chi connectivity index (χ4v) is 4.98. The SMILES string of the molecule is COc1ccc(C2/C(=C(\O)c3cc(Cl)c(OC)c(Cl)c3)C(=O)C(=O)N2c2cc(C)cc(C)c2)cc1. The summed E-state index contributed by atoms with van der Waals surface area (Å²) >= 11 is 12.6. The van der Waals surface area contributed by atoms with Gasteiger partial charge in [0.1, 0.15) is 11.5 Å². The highest BCUT2D eigenvalue weighted by molar-refractivity contribution is 6.51. The predicted octanol–water partition coefficient (Wildman–Crippen LogP) is 6.25. The molecule has 1 unspecified atom stereocenters. The number of carbonyl (C=O) groups is 2. The third-order valence-electron chi connectivity index (χ3n) is 5.84. The second-order valence-electron chi connectivity index (χ2n) is 8.26. The first-order chi connectivity index (χ1) is 16.7. The quantitative estimate of drug-likeness (QED) is 0.248. The van der Waals surface area contributed by atoms with Crippen molar-refractivity contribution >= 4 is 46.3 Å². The molecule has 0 saturated carbocycles. The van der Waals surface area contributed by atoms with Gasteiger partial charge in [-0.15, -0.1) is 0 Å². The number of halogens is 2. The Balaban J connectivity index is 1.97. The predicted molar refractivity (Wildman–Crippen MR) is 137 cm³/mol. The van der Waals surface area contributed by atoms with Crippen molar-refractivity contribution in [1.29, 1.82) is 0 Å². The number of nitrogens with zero attached hydrogens (tertiary/aromatic N) is 1. The Morgan fingerprint density at radius 2 is 1.46 bits per heavy atom. The van der Waals surface area contributed by atoms with Crippen LogP contribution in [-0.4, -0.2) is 31.0 Å². The average molecular weight is 512 g/mol. The zero-order chi connectivity index (χ0) is 25.4. The molecular formula is C27H23Cl2NO5. The lowest BCUT2D eigenvalue weighted by atomic mass is 9.95. The summed E-state index contributed by atoms with van der Waals surface area (Å²) in [6, 6.07) is 14.6. The number of ether oxygens (including phenoxy) is 2. The molecule has 0 bridgehead atoms. The number of rotatable bonds is 5. The highest BCUT2D eigenvalue weighted by Crippen LogP contribution is 2.44. The molecule has 1 aliphatic heterocycles. The van der Waals surface area contributed by atoms with Crippen LogP contribution in [0.5, 0.6) is 11.5 Å². The first kappa shape index (κ1) is 24.6. The molecule has 1 N–H and O–H groups in total. The van der Waals surface area contributed by atoms with E-state index in [0.717, 1.165) is 11.1 Å². The lowest BCUT2D eigenvalue weighted by molar-refractivity contribution is -0.132. The van der Waals surface area contributed by atoms with Gasteiger partial charge in [-0.25, -0.2) is 0 Å². The highest BCUT2D eigenvalue weighted by atomic mass is 35.5. The van der Waals surface area contributed by atoms with E-state index in [2.05, 4.69) is 0 Å². The summed E-state index contributed by atoms with van der Waals surface area (Å²) in [5, 5.41) is 11.6. The second-order valence-corrected chi connectivity index (χ2v) is 9.08. The molecule has 0 aromatic heterocycles. The summed E-state index contributed by atoms with van der Waals surface area (Å²) in [6.45, 7) is 3.83. The van der Waals surface area contributed by atoms with Crippen LogP contribution in [0.15, 0.2) is 60.2 Å². The molecule has 1 heterocycles. The van der Waals surface area contributed by atoms with Crippen molar-refractivity contribution in [2.24, 2.45) is 0 Å². The number of ketones is 1. The first-order valence-electron chi connectivity index (χ1n) is 10.7. The van der Waals surface area contributed by atoms with Gasteiger partial charge in [0.15, 0.2) is 5.75 Å². The van der Waals surface area contributed by atoms with E-state index in [1.165, 1.54) is 24.1 Å². The number of aryl methyl sites for hydroxylation is 2. The Morgan fingerprint density at radius 3 is 1.97 bits per heavy atom. The standard InChI is InChI=1S/C27H23Cl2NO5/c1-14-9-15(2)11-18(10-14)30-23(16-5-7-19(34-3)8-6-16)22(25(32)27(30)33)24(31)17-12-20(28)26(35-4)21(29)13-17/h5-13,23,31H,1-4H3/b24-22+. The molecule has 1 atom stereocenters. The van der Waals surface area contributed by atoms with Gasteiger partial charge in [-0.3, -0.25) is 14.5 Å². The van der Waals surface area contributed by atoms with Crippen LogP contribution in [-0.2, 0) is 9.59 Å². The van der Waals surface area contributed by atoms with Crippen LogP contribution in [0, 0.1) is 13.8 Å². The molecule has 3 aromatic rings. The van der Waals surface area contributed by atoms with Gasteiger partial charge in [-0.1, -0.05) is 41.4 Å². The fourth-order valence-electron chi connectivity index (χ4n) is 4.34. The molecule has 35 heavy (non-hydrogen) atoms. The molecule has 6 nitrogen and oxygen atoms in total. The van der Waals surface area contributed by atoms with Gasteiger partial charge in [0.25, 0.3) is 11.7 Å². The summed E-state index contributed by atoms with van der Waals surface area (Å²) in [5.74, 6) is -1.09. The zero-order valence-corrected chi connectivity index (χ0v) is 21.1. The number of Topliss-reactive ketones (excluding diaryl/α,β-unsaturated/α-hetero) is 1. The van der Waals surface area contributed by atoms with E-state index in [-0.39, 0.29) is 32.7 Å². The van der Waals surface area contributed by atoms with E-state index in [1.54, 1.807) is 31.4 Å². The van der Waals surface area contributed by atoms with E-state index < -0.39 is 17.7 Å². The minimum absolute atomic E-state index is 0.0726. The maximum Gasteiger partial charge on any atom is 0.300 e. The molecule has 1 amide bonds. The minimum Gasteiger partial charge on any atom is -0.507 e. The summed E-state index contributed by atoms with van der Waals surface area (Å²) in [5.41, 5.74) is 3.16. The topological polar surface area (TPSA) is 76.1 Å². The molecule has 1 saturated heterocycles. The number of benzene rings is 3. The Hall–Kier alpha value is -3.48. The molecule has 1 aliphatic rings. The van der Waals surface area contributed by atoms with Crippen LogP contribution in [0.4, 0.5) is 5.69 Å². The lowest BCUT2D eigenvalue weighted by Crippen LogP contribution is -2.29. The van der Waals surface area contributed by atoms with Crippen LogP contribution < -0.4 is 14.4 Å². The Kier molecular flexibility index (Phi) is 6.79. The normalized spacial score (nSPS) is 17.1. The van der Waals surface area contributed by atoms with E-state index in [4.69, 9.17) is 32.7 Å². The highest BCUT2D eigenvalue weighted by Gasteiger charge is 2.47. The first-order valence-corrected chi connectivity index (χ1v) is 11.5. The summed E-state index contributed by atoms with van der Waals surface area (Å²) in [4.78, 5) is 28.1. The maximum atomic E-state index is 13.3. The van der Waals surface area contributed by atoms with Crippen molar-refractivity contribution in [3.05, 3.63) is 92.5 Å². The van der Waals surface area contributed by atoms with Crippen molar-refractivity contribution < 1.29 is 24.2 Å². The minimum atomic E-state index is -0.887. The number of aliphatic hydroxyl groups excluding tert-OH is 1.